The Morgan fingerprint density at radius 3 is 2.93 bits per heavy atom. The normalized spacial score (nSPS) is 19.9. The molecule has 0 aromatic carbocycles. The number of hydrogen-bond donors (Lipinski definition) is 1. The molecule has 1 N–H and O–H groups in total. The first-order valence-corrected chi connectivity index (χ1v) is 11.9. The summed E-state index contributed by atoms with van der Waals surface area (Å²) >= 11 is 3.49. The molecule has 0 radical (unpaired) electrons. The molecule has 27 heavy (non-hydrogen) atoms. The van der Waals surface area contributed by atoms with E-state index >= 15 is 0 Å². The van der Waals surface area contributed by atoms with Gasteiger partial charge in [-0.25, -0.2) is 4.98 Å². The number of aryl methyl sites for hydroxylation is 3. The Bertz CT molecular complexity index is 691. The summed E-state index contributed by atoms with van der Waals surface area (Å²) < 4.78 is 0. The van der Waals surface area contributed by atoms with E-state index in [0.29, 0.717) is 18.2 Å². The van der Waals surface area contributed by atoms with Crippen LogP contribution in [0.5, 0.6) is 0 Å². The van der Waals surface area contributed by atoms with Gasteiger partial charge >= 0.3 is 0 Å². The van der Waals surface area contributed by atoms with Gasteiger partial charge in [0.25, 0.3) is 5.91 Å². The van der Waals surface area contributed by atoms with Crippen LogP contribution in [-0.4, -0.2) is 45.9 Å². The molecular formula is C20H29N3O2S2. The van der Waals surface area contributed by atoms with Gasteiger partial charge in [0.1, 0.15) is 6.04 Å². The number of nitrogens with zero attached hydrogens (tertiary/aromatic N) is 2. The number of rotatable bonds is 7. The Morgan fingerprint density at radius 1 is 1.33 bits per heavy atom. The molecule has 1 fully saturated rings. The van der Waals surface area contributed by atoms with Gasteiger partial charge < -0.3 is 10.2 Å². The highest BCUT2D eigenvalue weighted by molar-refractivity contribution is 7.99. The third-order valence-corrected chi connectivity index (χ3v) is 7.28. The number of nitrogens with one attached hydrogen (secondary N) is 1. The van der Waals surface area contributed by atoms with Crippen molar-refractivity contribution in [1.29, 1.82) is 0 Å². The lowest BCUT2D eigenvalue weighted by Crippen LogP contribution is -2.47. The van der Waals surface area contributed by atoms with Crippen molar-refractivity contribution >= 4 is 34.9 Å². The van der Waals surface area contributed by atoms with Crippen molar-refractivity contribution in [3.63, 3.8) is 0 Å². The highest BCUT2D eigenvalue weighted by Gasteiger charge is 2.34. The van der Waals surface area contributed by atoms with E-state index in [-0.39, 0.29) is 17.9 Å². The Morgan fingerprint density at radius 2 is 2.15 bits per heavy atom. The number of amides is 2. The highest BCUT2D eigenvalue weighted by atomic mass is 32.2. The van der Waals surface area contributed by atoms with Crippen molar-refractivity contribution < 1.29 is 9.59 Å². The molecule has 0 saturated carbocycles. The fourth-order valence-electron chi connectivity index (χ4n) is 3.56. The first-order chi connectivity index (χ1) is 13.1. The smallest absolute Gasteiger partial charge is 0.250 e. The number of hydrogen-bond acceptors (Lipinski definition) is 5. The summed E-state index contributed by atoms with van der Waals surface area (Å²) in [5.41, 5.74) is 2.03. The summed E-state index contributed by atoms with van der Waals surface area (Å²) in [6.07, 6.45) is 9.40. The van der Waals surface area contributed by atoms with Gasteiger partial charge in [-0.1, -0.05) is 13.0 Å². The summed E-state index contributed by atoms with van der Waals surface area (Å²) in [6.45, 7) is 4.48. The second-order valence-electron chi connectivity index (χ2n) is 7.17. The van der Waals surface area contributed by atoms with E-state index in [1.54, 1.807) is 16.7 Å². The standard InChI is InChI=1S/C20H29N3O2S2/c1-3-7-14(2)20(25)23-13-26-12-16(23)19(24)21-11-6-10-18-22-15-8-4-5-9-17(15)27-18/h7,16H,3-6,8-13H2,1-2H3,(H,21,24). The number of carbonyl (C=O) groups excluding carboxylic acids is 2. The first kappa shape index (κ1) is 20.4. The molecule has 0 bridgehead atoms. The summed E-state index contributed by atoms with van der Waals surface area (Å²) in [7, 11) is 0. The predicted molar refractivity (Wildman–Crippen MR) is 112 cm³/mol. The number of allylic oxidation sites excluding steroid dienone is 1. The van der Waals surface area contributed by atoms with Crippen LogP contribution >= 0.6 is 23.1 Å². The van der Waals surface area contributed by atoms with E-state index in [9.17, 15) is 9.59 Å². The molecule has 1 aromatic heterocycles. The number of thioether (sulfide) groups is 1. The number of carbonyl (C=O) groups is 2. The Hall–Kier alpha value is -1.34. The minimum atomic E-state index is -0.352. The zero-order valence-electron chi connectivity index (χ0n) is 16.3. The van der Waals surface area contributed by atoms with Crippen LogP contribution in [0.1, 0.15) is 55.1 Å². The maximum Gasteiger partial charge on any atom is 0.250 e. The van der Waals surface area contributed by atoms with Crippen LogP contribution in [0.15, 0.2) is 11.6 Å². The molecule has 1 atom stereocenters. The van der Waals surface area contributed by atoms with Crippen molar-refractivity contribution in [2.75, 3.05) is 18.2 Å². The Labute approximate surface area is 170 Å². The molecule has 2 heterocycles. The summed E-state index contributed by atoms with van der Waals surface area (Å²) in [5.74, 6) is 1.22. The van der Waals surface area contributed by atoms with Gasteiger partial charge in [0.2, 0.25) is 5.91 Å². The van der Waals surface area contributed by atoms with Gasteiger partial charge in [-0.3, -0.25) is 9.59 Å². The lowest BCUT2D eigenvalue weighted by atomic mass is 10.0. The van der Waals surface area contributed by atoms with Crippen LogP contribution in [-0.2, 0) is 28.9 Å². The molecule has 1 aromatic rings. The molecule has 2 aliphatic rings. The zero-order valence-corrected chi connectivity index (χ0v) is 17.9. The van der Waals surface area contributed by atoms with Crippen molar-refractivity contribution in [2.45, 2.75) is 64.8 Å². The van der Waals surface area contributed by atoms with Gasteiger partial charge in [-0.05, 0) is 45.4 Å². The molecule has 148 valence electrons. The molecule has 2 amide bonds. The molecule has 1 aliphatic carbocycles. The molecule has 1 aliphatic heterocycles. The fraction of sp³-hybridized carbons (Fsp3) is 0.650. The molecule has 5 nitrogen and oxygen atoms in total. The fourth-order valence-corrected chi connectivity index (χ4v) is 5.91. The van der Waals surface area contributed by atoms with E-state index in [0.717, 1.165) is 31.3 Å². The summed E-state index contributed by atoms with van der Waals surface area (Å²) in [5, 5.41) is 4.22. The van der Waals surface area contributed by atoms with E-state index < -0.39 is 0 Å². The average Bonchev–Trinajstić information content (AvgIpc) is 3.31. The monoisotopic (exact) mass is 407 g/mol. The summed E-state index contributed by atoms with van der Waals surface area (Å²) in [6, 6.07) is -0.352. The van der Waals surface area contributed by atoms with Crippen molar-refractivity contribution in [1.82, 2.24) is 15.2 Å². The largest absolute Gasteiger partial charge is 0.354 e. The van der Waals surface area contributed by atoms with E-state index in [1.807, 2.05) is 31.3 Å². The van der Waals surface area contributed by atoms with Crippen LogP contribution in [0.3, 0.4) is 0 Å². The molecular weight excluding hydrogens is 378 g/mol. The molecule has 1 saturated heterocycles. The van der Waals surface area contributed by atoms with Crippen LogP contribution < -0.4 is 5.32 Å². The molecule has 3 rings (SSSR count). The maximum atomic E-state index is 12.6. The SMILES string of the molecule is CCC=C(C)C(=O)N1CSCC1C(=O)NCCCc1nc2c(s1)CCCC2. The first-order valence-electron chi connectivity index (χ1n) is 9.90. The van der Waals surface area contributed by atoms with Crippen LogP contribution in [0.25, 0.3) is 0 Å². The molecule has 1 unspecified atom stereocenters. The van der Waals surface area contributed by atoms with Gasteiger partial charge in [0, 0.05) is 29.2 Å². The third-order valence-electron chi connectivity index (χ3n) is 5.05. The van der Waals surface area contributed by atoms with Gasteiger partial charge in [0.15, 0.2) is 0 Å². The van der Waals surface area contributed by atoms with Crippen molar-refractivity contribution in [3.8, 4) is 0 Å². The van der Waals surface area contributed by atoms with E-state index in [1.165, 1.54) is 34.8 Å². The topological polar surface area (TPSA) is 62.3 Å². The number of aromatic nitrogens is 1. The second kappa shape index (κ2) is 9.73. The summed E-state index contributed by atoms with van der Waals surface area (Å²) in [4.78, 5) is 33.0. The average molecular weight is 408 g/mol. The quantitative estimate of drug-likeness (QED) is 0.556. The van der Waals surface area contributed by atoms with Crippen molar-refractivity contribution in [3.05, 3.63) is 27.2 Å². The second-order valence-corrected chi connectivity index (χ2v) is 9.33. The van der Waals surface area contributed by atoms with Gasteiger partial charge in [-0.15, -0.1) is 23.1 Å². The Kier molecular flexibility index (Phi) is 7.35. The minimum absolute atomic E-state index is 0.0182. The highest BCUT2D eigenvalue weighted by Crippen LogP contribution is 2.27. The van der Waals surface area contributed by atoms with E-state index in [2.05, 4.69) is 5.32 Å². The third kappa shape index (κ3) is 5.13. The lowest BCUT2D eigenvalue weighted by Gasteiger charge is -2.23. The maximum absolute atomic E-state index is 12.6. The van der Waals surface area contributed by atoms with Gasteiger partial charge in [0.05, 0.1) is 16.6 Å². The zero-order chi connectivity index (χ0) is 19.2. The molecule has 7 heteroatoms. The van der Waals surface area contributed by atoms with Crippen LogP contribution in [0.2, 0.25) is 0 Å². The van der Waals surface area contributed by atoms with Crippen LogP contribution in [0, 0.1) is 0 Å². The number of fused-ring (bicyclic) bond motifs is 1. The predicted octanol–water partition coefficient (Wildman–Crippen LogP) is 3.33. The van der Waals surface area contributed by atoms with Gasteiger partial charge in [-0.2, -0.15) is 0 Å². The van der Waals surface area contributed by atoms with E-state index in [4.69, 9.17) is 4.98 Å². The van der Waals surface area contributed by atoms with Crippen molar-refractivity contribution in [2.24, 2.45) is 0 Å². The van der Waals surface area contributed by atoms with Crippen LogP contribution in [0.4, 0.5) is 0 Å². The Balaban J connectivity index is 1.45. The number of thiazole rings is 1. The minimum Gasteiger partial charge on any atom is -0.354 e. The molecule has 0 spiro atoms. The lowest BCUT2D eigenvalue weighted by molar-refractivity contribution is -0.135.